The van der Waals surface area contributed by atoms with Crippen LogP contribution < -0.4 is 5.32 Å². The summed E-state index contributed by atoms with van der Waals surface area (Å²) in [6.07, 6.45) is 5.15. The van der Waals surface area contributed by atoms with Crippen molar-refractivity contribution in [1.29, 1.82) is 0 Å². The predicted octanol–water partition coefficient (Wildman–Crippen LogP) is 3.33. The molecular formula is C16H25NO. The van der Waals surface area contributed by atoms with Crippen molar-refractivity contribution < 1.29 is 4.74 Å². The van der Waals surface area contributed by atoms with Gasteiger partial charge in [0.2, 0.25) is 0 Å². The van der Waals surface area contributed by atoms with Gasteiger partial charge in [-0.15, -0.1) is 0 Å². The average molecular weight is 247 g/mol. The Morgan fingerprint density at radius 1 is 1.33 bits per heavy atom. The van der Waals surface area contributed by atoms with E-state index in [9.17, 15) is 0 Å². The van der Waals surface area contributed by atoms with Gasteiger partial charge in [-0.3, -0.25) is 0 Å². The molecule has 0 radical (unpaired) electrons. The third-order valence-corrected chi connectivity index (χ3v) is 3.78. The Balaban J connectivity index is 1.99. The van der Waals surface area contributed by atoms with Crippen molar-refractivity contribution in [2.75, 3.05) is 20.3 Å². The molecule has 0 spiro atoms. The summed E-state index contributed by atoms with van der Waals surface area (Å²) in [5, 5.41) is 3.72. The van der Waals surface area contributed by atoms with Crippen molar-refractivity contribution in [3.05, 3.63) is 35.4 Å². The maximum Gasteiger partial charge on any atom is 0.0499 e. The fourth-order valence-corrected chi connectivity index (χ4v) is 2.82. The van der Waals surface area contributed by atoms with Crippen molar-refractivity contribution in [2.45, 2.75) is 38.6 Å². The first-order valence-corrected chi connectivity index (χ1v) is 7.11. The van der Waals surface area contributed by atoms with E-state index in [1.165, 1.54) is 36.8 Å². The molecule has 0 heterocycles. The summed E-state index contributed by atoms with van der Waals surface area (Å²) in [4.78, 5) is 0. The maximum atomic E-state index is 5.20. The van der Waals surface area contributed by atoms with Crippen LogP contribution in [0.2, 0.25) is 0 Å². The molecule has 2 nitrogen and oxygen atoms in total. The van der Waals surface area contributed by atoms with Crippen LogP contribution >= 0.6 is 0 Å². The number of hydrogen-bond donors (Lipinski definition) is 1. The number of rotatable bonds is 5. The van der Waals surface area contributed by atoms with Crippen LogP contribution in [0.5, 0.6) is 0 Å². The largest absolute Gasteiger partial charge is 0.384 e. The van der Waals surface area contributed by atoms with E-state index in [-0.39, 0.29) is 0 Å². The van der Waals surface area contributed by atoms with Crippen LogP contribution in [0.15, 0.2) is 24.3 Å². The molecular weight excluding hydrogens is 222 g/mol. The minimum absolute atomic E-state index is 0.531. The van der Waals surface area contributed by atoms with Crippen LogP contribution in [0.1, 0.15) is 43.4 Å². The lowest BCUT2D eigenvalue weighted by atomic mass is 9.98. The average Bonchev–Trinajstić information content (AvgIpc) is 2.59. The minimum atomic E-state index is 0.531. The second-order valence-corrected chi connectivity index (χ2v) is 5.47. The van der Waals surface area contributed by atoms with E-state index in [0.29, 0.717) is 12.0 Å². The zero-order valence-electron chi connectivity index (χ0n) is 11.6. The lowest BCUT2D eigenvalue weighted by molar-refractivity contribution is 0.156. The minimum Gasteiger partial charge on any atom is -0.384 e. The Bertz CT molecular complexity index is 364. The van der Waals surface area contributed by atoms with Gasteiger partial charge >= 0.3 is 0 Å². The summed E-state index contributed by atoms with van der Waals surface area (Å²) in [5.41, 5.74) is 3.05. The van der Waals surface area contributed by atoms with Crippen molar-refractivity contribution >= 4 is 0 Å². The number of hydrogen-bond acceptors (Lipinski definition) is 2. The maximum absolute atomic E-state index is 5.20. The molecule has 0 saturated carbocycles. The molecule has 1 aromatic carbocycles. The molecule has 2 unspecified atom stereocenters. The first kappa shape index (κ1) is 13.6. The Kier molecular flexibility index (Phi) is 5.21. The monoisotopic (exact) mass is 247 g/mol. The molecule has 18 heavy (non-hydrogen) atoms. The van der Waals surface area contributed by atoms with Gasteiger partial charge in [0.1, 0.15) is 0 Å². The number of fused-ring (bicyclic) bond motifs is 1. The molecule has 1 aliphatic carbocycles. The van der Waals surface area contributed by atoms with Crippen molar-refractivity contribution in [2.24, 2.45) is 5.92 Å². The smallest absolute Gasteiger partial charge is 0.0499 e. The fourth-order valence-electron chi connectivity index (χ4n) is 2.82. The molecule has 0 aliphatic heterocycles. The second kappa shape index (κ2) is 6.91. The normalized spacial score (nSPS) is 21.1. The van der Waals surface area contributed by atoms with Crippen LogP contribution in [0.3, 0.4) is 0 Å². The molecule has 0 aromatic heterocycles. The molecule has 0 fully saturated rings. The Morgan fingerprint density at radius 2 is 2.17 bits per heavy atom. The van der Waals surface area contributed by atoms with E-state index in [1.54, 1.807) is 7.11 Å². The third kappa shape index (κ3) is 3.56. The van der Waals surface area contributed by atoms with Crippen molar-refractivity contribution in [3.63, 3.8) is 0 Å². The van der Waals surface area contributed by atoms with Crippen LogP contribution in [0.4, 0.5) is 0 Å². The number of nitrogens with one attached hydrogen (secondary N) is 1. The Morgan fingerprint density at radius 3 is 3.00 bits per heavy atom. The predicted molar refractivity (Wildman–Crippen MR) is 75.8 cm³/mol. The highest BCUT2D eigenvalue weighted by molar-refractivity contribution is 5.31. The SMILES string of the molecule is COCC(C)CNC1CCCCc2ccccc21. The molecule has 2 heteroatoms. The molecule has 0 bridgehead atoms. The molecule has 1 N–H and O–H groups in total. The first-order chi connectivity index (χ1) is 8.81. The van der Waals surface area contributed by atoms with E-state index < -0.39 is 0 Å². The van der Waals surface area contributed by atoms with Gasteiger partial charge in [0.25, 0.3) is 0 Å². The quantitative estimate of drug-likeness (QED) is 0.806. The summed E-state index contributed by atoms with van der Waals surface area (Å²) in [6.45, 7) is 4.10. The zero-order valence-corrected chi connectivity index (χ0v) is 11.6. The summed E-state index contributed by atoms with van der Waals surface area (Å²) >= 11 is 0. The van der Waals surface area contributed by atoms with E-state index in [4.69, 9.17) is 4.74 Å². The Labute approximate surface area is 111 Å². The molecule has 1 aromatic rings. The van der Waals surface area contributed by atoms with E-state index in [2.05, 4.69) is 36.5 Å². The number of benzene rings is 1. The van der Waals surface area contributed by atoms with Gasteiger partial charge in [-0.25, -0.2) is 0 Å². The van der Waals surface area contributed by atoms with Gasteiger partial charge in [-0.05, 0) is 36.3 Å². The highest BCUT2D eigenvalue weighted by Crippen LogP contribution is 2.28. The Hall–Kier alpha value is -0.860. The number of ether oxygens (including phenoxy) is 1. The van der Waals surface area contributed by atoms with Gasteiger partial charge in [0.05, 0.1) is 0 Å². The van der Waals surface area contributed by atoms with E-state index in [1.807, 2.05) is 0 Å². The highest BCUT2D eigenvalue weighted by Gasteiger charge is 2.18. The van der Waals surface area contributed by atoms with Crippen molar-refractivity contribution in [3.8, 4) is 0 Å². The van der Waals surface area contributed by atoms with Gasteiger partial charge in [0, 0.05) is 26.3 Å². The molecule has 2 atom stereocenters. The van der Waals surface area contributed by atoms with Gasteiger partial charge < -0.3 is 10.1 Å². The third-order valence-electron chi connectivity index (χ3n) is 3.78. The molecule has 100 valence electrons. The highest BCUT2D eigenvalue weighted by atomic mass is 16.5. The summed E-state index contributed by atoms with van der Waals surface area (Å²) in [5.74, 6) is 0.574. The van der Waals surface area contributed by atoms with E-state index in [0.717, 1.165) is 13.2 Å². The number of aryl methyl sites for hydroxylation is 1. The lowest BCUT2D eigenvalue weighted by Crippen LogP contribution is -2.28. The van der Waals surface area contributed by atoms with Crippen LogP contribution in [-0.2, 0) is 11.2 Å². The van der Waals surface area contributed by atoms with Crippen LogP contribution in [0.25, 0.3) is 0 Å². The van der Waals surface area contributed by atoms with Gasteiger partial charge in [0.15, 0.2) is 0 Å². The fraction of sp³-hybridized carbons (Fsp3) is 0.625. The molecule has 1 aliphatic rings. The van der Waals surface area contributed by atoms with Crippen LogP contribution in [0, 0.1) is 5.92 Å². The standard InChI is InChI=1S/C16H25NO/c1-13(12-18-2)11-17-16-10-6-4-8-14-7-3-5-9-15(14)16/h3,5,7,9,13,16-17H,4,6,8,10-12H2,1-2H3. The van der Waals surface area contributed by atoms with Crippen molar-refractivity contribution in [1.82, 2.24) is 5.32 Å². The van der Waals surface area contributed by atoms with Crippen LogP contribution in [-0.4, -0.2) is 20.3 Å². The topological polar surface area (TPSA) is 21.3 Å². The van der Waals surface area contributed by atoms with E-state index >= 15 is 0 Å². The van der Waals surface area contributed by atoms with Gasteiger partial charge in [-0.1, -0.05) is 37.6 Å². The summed E-state index contributed by atoms with van der Waals surface area (Å²) in [6, 6.07) is 9.43. The molecule has 0 saturated heterocycles. The summed E-state index contributed by atoms with van der Waals surface area (Å²) in [7, 11) is 1.78. The molecule has 2 rings (SSSR count). The van der Waals surface area contributed by atoms with Gasteiger partial charge in [-0.2, -0.15) is 0 Å². The number of methoxy groups -OCH3 is 1. The summed E-state index contributed by atoms with van der Waals surface area (Å²) < 4.78 is 5.20. The first-order valence-electron chi connectivity index (χ1n) is 7.11. The molecule has 0 amide bonds. The lowest BCUT2D eigenvalue weighted by Gasteiger charge is -2.21. The zero-order chi connectivity index (χ0) is 12.8. The second-order valence-electron chi connectivity index (χ2n) is 5.47.